The summed E-state index contributed by atoms with van der Waals surface area (Å²) in [5, 5.41) is 4.70. The number of phosphoric acid groups is 1. The first-order chi connectivity index (χ1) is 11.0. The number of phosphoric ester groups is 1. The number of carbonyl (C=O) groups is 3. The Hall–Kier alpha value is -0.930. The van der Waals surface area contributed by atoms with Crippen LogP contribution < -0.4 is 10.6 Å². The fourth-order valence-electron chi connectivity index (χ4n) is 1.48. The molecule has 1 unspecified atom stereocenters. The third-order valence-electron chi connectivity index (χ3n) is 2.77. The first-order valence-electron chi connectivity index (χ1n) is 7.10. The minimum atomic E-state index is -3.57. The molecule has 0 spiro atoms. The third kappa shape index (κ3) is 8.25. The molecule has 0 aliphatic heterocycles. The first kappa shape index (κ1) is 23.1. The smallest absolute Gasteiger partial charge is 0.345 e. The summed E-state index contributed by atoms with van der Waals surface area (Å²) in [5.41, 5.74) is -1.14. The monoisotopic (exact) mass is 384 g/mol. The highest BCUT2D eigenvalue weighted by molar-refractivity contribution is 8.13. The summed E-state index contributed by atoms with van der Waals surface area (Å²) >= 11 is 0.914. The molecule has 9 nitrogen and oxygen atoms in total. The van der Waals surface area contributed by atoms with Crippen molar-refractivity contribution in [3.05, 3.63) is 0 Å². The lowest BCUT2D eigenvalue weighted by molar-refractivity contribution is -0.130. The lowest BCUT2D eigenvalue weighted by atomic mass is 10.1. The Morgan fingerprint density at radius 2 is 1.75 bits per heavy atom. The van der Waals surface area contributed by atoms with E-state index in [1.807, 2.05) is 0 Å². The van der Waals surface area contributed by atoms with E-state index in [-0.39, 0.29) is 23.4 Å². The highest BCUT2D eigenvalue weighted by Gasteiger charge is 2.31. The largest absolute Gasteiger partial charge is 0.474 e. The van der Waals surface area contributed by atoms with Gasteiger partial charge in [-0.1, -0.05) is 11.8 Å². The van der Waals surface area contributed by atoms with E-state index >= 15 is 0 Å². The van der Waals surface area contributed by atoms with Crippen LogP contribution in [0.3, 0.4) is 0 Å². The number of carbonyl (C=O) groups excluding carboxylic acids is 3. The average molecular weight is 384 g/mol. The zero-order chi connectivity index (χ0) is 19.0. The first-order valence-corrected chi connectivity index (χ1v) is 9.54. The van der Waals surface area contributed by atoms with Gasteiger partial charge in [-0.25, -0.2) is 4.57 Å². The van der Waals surface area contributed by atoms with Crippen LogP contribution in [0.15, 0.2) is 0 Å². The van der Waals surface area contributed by atoms with Crippen molar-refractivity contribution in [1.29, 1.82) is 0 Å². The van der Waals surface area contributed by atoms with Gasteiger partial charge in [-0.05, 0) is 20.8 Å². The van der Waals surface area contributed by atoms with Crippen LogP contribution in [0.25, 0.3) is 0 Å². The Morgan fingerprint density at radius 1 is 1.21 bits per heavy atom. The van der Waals surface area contributed by atoms with Gasteiger partial charge >= 0.3 is 7.82 Å². The molecule has 0 aliphatic carbocycles. The molecule has 140 valence electrons. The Kier molecular flexibility index (Phi) is 9.76. The highest BCUT2D eigenvalue weighted by Crippen LogP contribution is 2.47. The van der Waals surface area contributed by atoms with Crippen molar-refractivity contribution in [2.24, 2.45) is 0 Å². The van der Waals surface area contributed by atoms with Crippen LogP contribution in [0.1, 0.15) is 27.7 Å². The van der Waals surface area contributed by atoms with E-state index < -0.39 is 25.3 Å². The molecular weight excluding hydrogens is 359 g/mol. The van der Waals surface area contributed by atoms with Crippen molar-refractivity contribution in [3.63, 3.8) is 0 Å². The quantitative estimate of drug-likeness (QED) is 0.424. The summed E-state index contributed by atoms with van der Waals surface area (Å²) in [6.07, 6.45) is 0. The van der Waals surface area contributed by atoms with E-state index in [1.54, 1.807) is 13.8 Å². The van der Waals surface area contributed by atoms with Crippen molar-refractivity contribution in [2.75, 3.05) is 26.6 Å². The Labute approximate surface area is 146 Å². The van der Waals surface area contributed by atoms with Crippen LogP contribution >= 0.6 is 19.6 Å². The normalized spacial score (nSPS) is 13.2. The van der Waals surface area contributed by atoms with Crippen LogP contribution in [-0.4, -0.2) is 55.1 Å². The van der Waals surface area contributed by atoms with Gasteiger partial charge in [0.2, 0.25) is 16.9 Å². The summed E-state index contributed by atoms with van der Waals surface area (Å²) < 4.78 is 25.8. The van der Waals surface area contributed by atoms with E-state index in [9.17, 15) is 18.9 Å². The summed E-state index contributed by atoms with van der Waals surface area (Å²) in [4.78, 5) is 35.1. The van der Waals surface area contributed by atoms with Crippen molar-refractivity contribution >= 4 is 36.5 Å². The SMILES string of the molecule is COP(=O)(OC)OCCSC(=O)C(C)(C)NC(=O)C(C)NC(C)=O. The predicted molar refractivity (Wildman–Crippen MR) is 90.5 cm³/mol. The van der Waals surface area contributed by atoms with Gasteiger partial charge in [-0.3, -0.25) is 28.0 Å². The van der Waals surface area contributed by atoms with Crippen molar-refractivity contribution < 1.29 is 32.5 Å². The van der Waals surface area contributed by atoms with E-state index in [2.05, 4.69) is 19.7 Å². The molecule has 2 amide bonds. The fourth-order valence-corrected chi connectivity index (χ4v) is 3.04. The summed E-state index contributed by atoms with van der Waals surface area (Å²) in [6, 6.07) is -0.753. The standard InChI is InChI=1S/C13H25N2O7PS/c1-9(14-10(2)16)11(17)15-13(3,4)12(18)24-8-7-22-23(19,20-5)21-6/h9H,7-8H2,1-6H3,(H,14,16)(H,15,17). The highest BCUT2D eigenvalue weighted by atomic mass is 32.2. The summed E-state index contributed by atoms with van der Waals surface area (Å²) in [5.74, 6) is -0.603. The average Bonchev–Trinajstić information content (AvgIpc) is 2.49. The van der Waals surface area contributed by atoms with Crippen LogP contribution in [0, 0.1) is 0 Å². The number of rotatable bonds is 10. The fraction of sp³-hybridized carbons (Fsp3) is 0.769. The molecule has 0 rings (SSSR count). The molecule has 0 heterocycles. The maximum Gasteiger partial charge on any atom is 0.474 e. The van der Waals surface area contributed by atoms with Crippen LogP contribution in [0.4, 0.5) is 0 Å². The van der Waals surface area contributed by atoms with Gasteiger partial charge in [0.1, 0.15) is 11.6 Å². The van der Waals surface area contributed by atoms with E-state index in [1.165, 1.54) is 28.1 Å². The van der Waals surface area contributed by atoms with Crippen molar-refractivity contribution in [1.82, 2.24) is 10.6 Å². The molecule has 0 saturated carbocycles. The van der Waals surface area contributed by atoms with E-state index in [0.29, 0.717) is 0 Å². The zero-order valence-electron chi connectivity index (χ0n) is 14.7. The molecule has 0 fully saturated rings. The lowest BCUT2D eigenvalue weighted by Gasteiger charge is -2.26. The molecule has 0 aromatic rings. The second-order valence-electron chi connectivity index (χ2n) is 5.32. The van der Waals surface area contributed by atoms with Gasteiger partial charge in [0.15, 0.2) is 0 Å². The topological polar surface area (TPSA) is 120 Å². The molecule has 0 aromatic carbocycles. The Morgan fingerprint density at radius 3 is 2.21 bits per heavy atom. The molecule has 0 bridgehead atoms. The van der Waals surface area contributed by atoms with Gasteiger partial charge in [0.05, 0.1) is 6.61 Å². The number of nitrogens with one attached hydrogen (secondary N) is 2. The molecule has 0 aliphatic rings. The van der Waals surface area contributed by atoms with E-state index in [4.69, 9.17) is 4.52 Å². The number of hydrogen-bond donors (Lipinski definition) is 2. The van der Waals surface area contributed by atoms with Crippen LogP contribution in [-0.2, 0) is 32.5 Å². The molecular formula is C13H25N2O7PS. The van der Waals surface area contributed by atoms with Gasteiger partial charge in [-0.15, -0.1) is 0 Å². The number of amides is 2. The molecule has 1 atom stereocenters. The van der Waals surface area contributed by atoms with Gasteiger partial charge in [-0.2, -0.15) is 0 Å². The molecule has 0 radical (unpaired) electrons. The minimum absolute atomic E-state index is 0.0261. The Balaban J connectivity index is 4.40. The predicted octanol–water partition coefficient (Wildman–Crippen LogP) is 1.08. The zero-order valence-corrected chi connectivity index (χ0v) is 16.4. The van der Waals surface area contributed by atoms with Crippen molar-refractivity contribution in [3.8, 4) is 0 Å². The molecule has 0 saturated heterocycles. The van der Waals surface area contributed by atoms with Crippen LogP contribution in [0.2, 0.25) is 0 Å². The molecule has 24 heavy (non-hydrogen) atoms. The second kappa shape index (κ2) is 10.1. The van der Waals surface area contributed by atoms with Gasteiger partial charge in [0.25, 0.3) is 0 Å². The molecule has 0 aromatic heterocycles. The number of hydrogen-bond acceptors (Lipinski definition) is 8. The lowest BCUT2D eigenvalue weighted by Crippen LogP contribution is -2.54. The maximum atomic E-state index is 12.2. The van der Waals surface area contributed by atoms with Gasteiger partial charge < -0.3 is 10.6 Å². The summed E-state index contributed by atoms with van der Waals surface area (Å²) in [6.45, 7) is 5.90. The second-order valence-corrected chi connectivity index (χ2v) is 8.27. The minimum Gasteiger partial charge on any atom is -0.345 e. The summed E-state index contributed by atoms with van der Waals surface area (Å²) in [7, 11) is -1.18. The molecule has 2 N–H and O–H groups in total. The van der Waals surface area contributed by atoms with Gasteiger partial charge in [0, 0.05) is 26.9 Å². The Bertz CT molecular complexity index is 505. The molecule has 11 heteroatoms. The number of thioether (sulfide) groups is 1. The maximum absolute atomic E-state index is 12.2. The van der Waals surface area contributed by atoms with Crippen LogP contribution in [0.5, 0.6) is 0 Å². The third-order valence-corrected chi connectivity index (χ3v) is 5.31. The van der Waals surface area contributed by atoms with E-state index in [0.717, 1.165) is 11.8 Å². The van der Waals surface area contributed by atoms with Crippen molar-refractivity contribution in [2.45, 2.75) is 39.3 Å².